The second kappa shape index (κ2) is 11.7. The van der Waals surface area contributed by atoms with Gasteiger partial charge in [-0.3, -0.25) is 0 Å². The summed E-state index contributed by atoms with van der Waals surface area (Å²) in [5, 5.41) is 5.24. The van der Waals surface area contributed by atoms with Crippen molar-refractivity contribution in [1.29, 1.82) is 0 Å². The van der Waals surface area contributed by atoms with Crippen molar-refractivity contribution in [3.05, 3.63) is 124 Å². The highest BCUT2D eigenvalue weighted by molar-refractivity contribution is 6.30. The van der Waals surface area contributed by atoms with E-state index in [2.05, 4.69) is 64.5 Å². The molecule has 0 amide bonds. The summed E-state index contributed by atoms with van der Waals surface area (Å²) in [5.41, 5.74) is 7.15. The van der Waals surface area contributed by atoms with Gasteiger partial charge in [0.1, 0.15) is 11.6 Å². The number of benzene rings is 4. The van der Waals surface area contributed by atoms with Gasteiger partial charge in [0.25, 0.3) is 0 Å². The van der Waals surface area contributed by atoms with E-state index >= 15 is 0 Å². The van der Waals surface area contributed by atoms with Crippen LogP contribution in [0.3, 0.4) is 0 Å². The van der Waals surface area contributed by atoms with Crippen LogP contribution in [0.2, 0.25) is 10.0 Å². The van der Waals surface area contributed by atoms with E-state index in [-0.39, 0.29) is 5.92 Å². The van der Waals surface area contributed by atoms with Crippen LogP contribution in [0.25, 0.3) is 11.0 Å². The Labute approximate surface area is 257 Å². The minimum Gasteiger partial charge on any atom is -0.497 e. The van der Waals surface area contributed by atoms with Gasteiger partial charge in [-0.05, 0) is 104 Å². The number of hydrogen-bond acceptors (Lipinski definition) is 3. The highest BCUT2D eigenvalue weighted by Gasteiger charge is 2.34. The van der Waals surface area contributed by atoms with E-state index in [1.54, 1.807) is 7.11 Å². The first-order chi connectivity index (χ1) is 20.6. The summed E-state index contributed by atoms with van der Waals surface area (Å²) in [4.78, 5) is 5.22. The predicted molar refractivity (Wildman–Crippen MR) is 173 cm³/mol. The summed E-state index contributed by atoms with van der Waals surface area (Å²) >= 11 is 12.6. The molecule has 0 unspecified atom stereocenters. The van der Waals surface area contributed by atoms with Crippen LogP contribution in [0.15, 0.2) is 91.0 Å². The molecule has 0 atom stereocenters. The third kappa shape index (κ3) is 5.63. The molecule has 7 rings (SSSR count). The van der Waals surface area contributed by atoms with Crippen LogP contribution in [0, 0.1) is 0 Å². The number of rotatable bonds is 8. The Hall–Kier alpha value is -3.47. The average molecular weight is 597 g/mol. The van der Waals surface area contributed by atoms with Gasteiger partial charge in [0.2, 0.25) is 0 Å². The maximum atomic E-state index is 6.28. The van der Waals surface area contributed by atoms with Crippen molar-refractivity contribution in [2.45, 2.75) is 62.4 Å². The average Bonchev–Trinajstić information content (AvgIpc) is 3.80. The molecule has 6 heteroatoms. The zero-order valence-electron chi connectivity index (χ0n) is 23.8. The Morgan fingerprint density at radius 2 is 1.40 bits per heavy atom. The first-order valence-corrected chi connectivity index (χ1v) is 15.7. The van der Waals surface area contributed by atoms with Gasteiger partial charge < -0.3 is 14.6 Å². The quantitative estimate of drug-likeness (QED) is 0.181. The molecule has 0 radical (unpaired) electrons. The Morgan fingerprint density at radius 1 is 0.762 bits per heavy atom. The van der Waals surface area contributed by atoms with Crippen molar-refractivity contribution in [2.75, 3.05) is 12.4 Å². The summed E-state index contributed by atoms with van der Waals surface area (Å²) < 4.78 is 8.03. The van der Waals surface area contributed by atoms with Gasteiger partial charge in [0, 0.05) is 45.7 Å². The largest absolute Gasteiger partial charge is 0.497 e. The lowest BCUT2D eigenvalue weighted by Gasteiger charge is -2.32. The SMILES string of the molecule is COc1cccc(N[C@H]2CC[C@H](n3c(C4CC4)nc4ccc(C(c5ccc(Cl)cc5)c5ccc(Cl)cc5)cc43)CC2)c1. The van der Waals surface area contributed by atoms with Crippen LogP contribution in [-0.4, -0.2) is 22.7 Å². The van der Waals surface area contributed by atoms with Crippen LogP contribution in [-0.2, 0) is 0 Å². The fraction of sp³-hybridized carbons (Fsp3) is 0.306. The van der Waals surface area contributed by atoms with Crippen LogP contribution < -0.4 is 10.1 Å². The Morgan fingerprint density at radius 3 is 2.02 bits per heavy atom. The number of nitrogens with zero attached hydrogens (tertiary/aromatic N) is 2. The minimum atomic E-state index is 0.0689. The maximum Gasteiger partial charge on any atom is 0.120 e. The lowest BCUT2D eigenvalue weighted by Crippen LogP contribution is -2.28. The van der Waals surface area contributed by atoms with E-state index in [9.17, 15) is 0 Å². The molecule has 2 fully saturated rings. The molecular formula is C36H35Cl2N3O. The number of ether oxygens (including phenoxy) is 1. The predicted octanol–water partition coefficient (Wildman–Crippen LogP) is 10.0. The topological polar surface area (TPSA) is 39.1 Å². The normalized spacial score (nSPS) is 18.9. The van der Waals surface area contributed by atoms with Crippen molar-refractivity contribution in [2.24, 2.45) is 0 Å². The smallest absolute Gasteiger partial charge is 0.120 e. The minimum absolute atomic E-state index is 0.0689. The van der Waals surface area contributed by atoms with E-state index in [1.807, 2.05) is 36.4 Å². The first-order valence-electron chi connectivity index (χ1n) is 15.0. The molecule has 2 aliphatic carbocycles. The molecule has 2 aliphatic rings. The molecular weight excluding hydrogens is 561 g/mol. The van der Waals surface area contributed by atoms with E-state index < -0.39 is 0 Å². The third-order valence-corrected chi connectivity index (χ3v) is 9.43. The van der Waals surface area contributed by atoms with Gasteiger partial charge >= 0.3 is 0 Å². The number of nitrogens with one attached hydrogen (secondary N) is 1. The van der Waals surface area contributed by atoms with Gasteiger partial charge in [-0.2, -0.15) is 0 Å². The monoisotopic (exact) mass is 595 g/mol. The van der Waals surface area contributed by atoms with E-state index in [0.717, 1.165) is 52.7 Å². The Bertz CT molecular complexity index is 1640. The molecule has 0 aliphatic heterocycles. The number of methoxy groups -OCH3 is 1. The Kier molecular flexibility index (Phi) is 7.60. The first kappa shape index (κ1) is 27.4. The van der Waals surface area contributed by atoms with Crippen LogP contribution in [0.1, 0.15) is 78.9 Å². The molecule has 0 saturated heterocycles. The number of imidazole rings is 1. The fourth-order valence-electron chi connectivity index (χ4n) is 6.64. The van der Waals surface area contributed by atoms with E-state index in [1.165, 1.54) is 40.9 Å². The van der Waals surface area contributed by atoms with Gasteiger partial charge in [-0.15, -0.1) is 0 Å². The lowest BCUT2D eigenvalue weighted by molar-refractivity contribution is 0.333. The zero-order chi connectivity index (χ0) is 28.6. The zero-order valence-corrected chi connectivity index (χ0v) is 25.3. The molecule has 214 valence electrons. The van der Waals surface area contributed by atoms with Crippen LogP contribution in [0.5, 0.6) is 5.75 Å². The van der Waals surface area contributed by atoms with Crippen molar-refractivity contribution in [3.63, 3.8) is 0 Å². The number of halogens is 2. The summed E-state index contributed by atoms with van der Waals surface area (Å²) in [5.74, 6) is 2.82. The molecule has 1 aromatic heterocycles. The highest BCUT2D eigenvalue weighted by atomic mass is 35.5. The molecule has 4 nitrogen and oxygen atoms in total. The molecule has 1 heterocycles. The summed E-state index contributed by atoms with van der Waals surface area (Å²) in [6, 6.07) is 32.5. The molecule has 5 aromatic rings. The summed E-state index contributed by atoms with van der Waals surface area (Å²) in [7, 11) is 1.72. The molecule has 0 bridgehead atoms. The van der Waals surface area contributed by atoms with Gasteiger partial charge in [-0.25, -0.2) is 4.98 Å². The number of aromatic nitrogens is 2. The Balaban J connectivity index is 1.22. The van der Waals surface area contributed by atoms with Gasteiger partial charge in [0.05, 0.1) is 18.1 Å². The van der Waals surface area contributed by atoms with E-state index in [0.29, 0.717) is 18.0 Å². The van der Waals surface area contributed by atoms with Crippen LogP contribution in [0.4, 0.5) is 5.69 Å². The number of anilines is 1. The number of hydrogen-bond donors (Lipinski definition) is 1. The molecule has 4 aromatic carbocycles. The van der Waals surface area contributed by atoms with Gasteiger partial charge in [0.15, 0.2) is 0 Å². The van der Waals surface area contributed by atoms with Gasteiger partial charge in [-0.1, -0.05) is 59.6 Å². The van der Waals surface area contributed by atoms with Crippen molar-refractivity contribution < 1.29 is 4.74 Å². The second-order valence-corrected chi connectivity index (χ2v) is 12.7. The maximum absolute atomic E-state index is 6.28. The summed E-state index contributed by atoms with van der Waals surface area (Å²) in [6.45, 7) is 0. The number of fused-ring (bicyclic) bond motifs is 1. The standard InChI is InChI=1S/C36H35Cl2N3O/c1-42-32-4-2-3-30(22-32)39-29-16-18-31(19-17-29)41-34-21-26(11-20-33(34)40-36(41)25-5-6-25)35(23-7-12-27(37)13-8-23)24-9-14-28(38)15-10-24/h2-4,7-15,20-22,25,29,31,35,39H,5-6,16-19H2,1H3/t29-,31-. The van der Waals surface area contributed by atoms with Crippen molar-refractivity contribution in [3.8, 4) is 5.75 Å². The van der Waals surface area contributed by atoms with Crippen molar-refractivity contribution >= 4 is 39.9 Å². The second-order valence-electron chi connectivity index (χ2n) is 11.8. The lowest BCUT2D eigenvalue weighted by atomic mass is 9.85. The van der Waals surface area contributed by atoms with Crippen molar-refractivity contribution in [1.82, 2.24) is 9.55 Å². The summed E-state index contributed by atoms with van der Waals surface area (Å²) in [6.07, 6.45) is 7.00. The molecule has 2 saturated carbocycles. The molecule has 1 N–H and O–H groups in total. The fourth-order valence-corrected chi connectivity index (χ4v) is 6.89. The van der Waals surface area contributed by atoms with Crippen LogP contribution >= 0.6 is 23.2 Å². The third-order valence-electron chi connectivity index (χ3n) is 8.93. The van der Waals surface area contributed by atoms with E-state index in [4.69, 9.17) is 32.9 Å². The molecule has 0 spiro atoms. The molecule has 42 heavy (non-hydrogen) atoms. The highest BCUT2D eigenvalue weighted by Crippen LogP contribution is 2.45.